The number of ether oxygens (including phenoxy) is 1. The molecule has 29 heavy (non-hydrogen) atoms. The zero-order valence-corrected chi connectivity index (χ0v) is 19.7. The van der Waals surface area contributed by atoms with E-state index in [4.69, 9.17) is 21.3 Å². The smallest absolute Gasteiger partial charge is 0.255 e. The number of aromatic nitrogens is 1. The molecule has 146 valence electrons. The highest BCUT2D eigenvalue weighted by atomic mass is 79.9. The number of fused-ring (bicyclic) bond motifs is 1. The summed E-state index contributed by atoms with van der Waals surface area (Å²) in [6, 6.07) is 16.7. The lowest BCUT2D eigenvalue weighted by atomic mass is 10.1. The van der Waals surface area contributed by atoms with Crippen LogP contribution in [0.15, 0.2) is 63.5 Å². The summed E-state index contributed by atoms with van der Waals surface area (Å²) in [5, 5.41) is 4.18. The molecule has 8 heteroatoms. The molecule has 1 heterocycles. The Morgan fingerprint density at radius 3 is 2.66 bits per heavy atom. The van der Waals surface area contributed by atoms with Crippen molar-refractivity contribution < 1.29 is 9.53 Å². The molecule has 4 aromatic rings. The zero-order valence-electron chi connectivity index (χ0n) is 15.0. The minimum absolute atomic E-state index is 0.278. The van der Waals surface area contributed by atoms with Crippen LogP contribution in [0.1, 0.15) is 10.4 Å². The summed E-state index contributed by atoms with van der Waals surface area (Å²) in [6.45, 7) is 0. The molecule has 4 nitrogen and oxygen atoms in total. The van der Waals surface area contributed by atoms with Gasteiger partial charge in [-0.05, 0) is 58.4 Å². The van der Waals surface area contributed by atoms with Gasteiger partial charge in [-0.3, -0.25) is 4.79 Å². The van der Waals surface area contributed by atoms with Crippen LogP contribution in [0.5, 0.6) is 5.75 Å². The molecule has 0 aliphatic carbocycles. The van der Waals surface area contributed by atoms with Crippen LogP contribution in [-0.4, -0.2) is 18.0 Å². The molecular weight excluding hydrogens is 540 g/mol. The number of carbonyl (C=O) groups excluding carboxylic acids is 1. The maximum atomic E-state index is 12.9. The van der Waals surface area contributed by atoms with Gasteiger partial charge in [0.15, 0.2) is 0 Å². The molecule has 0 saturated heterocycles. The van der Waals surface area contributed by atoms with Gasteiger partial charge in [-0.15, -0.1) is 11.3 Å². The molecule has 0 fully saturated rings. The summed E-state index contributed by atoms with van der Waals surface area (Å²) in [4.78, 5) is 17.6. The predicted molar refractivity (Wildman–Crippen MR) is 126 cm³/mol. The van der Waals surface area contributed by atoms with Gasteiger partial charge in [-0.2, -0.15) is 0 Å². The largest absolute Gasteiger partial charge is 0.495 e. The summed E-state index contributed by atoms with van der Waals surface area (Å²) in [5.41, 5.74) is 2.81. The normalized spacial score (nSPS) is 10.9. The molecule has 1 aromatic heterocycles. The second-order valence-corrected chi connectivity index (χ2v) is 9.31. The van der Waals surface area contributed by atoms with E-state index in [0.29, 0.717) is 22.0 Å². The first kappa shape index (κ1) is 20.3. The Kier molecular flexibility index (Phi) is 5.92. The molecule has 0 aliphatic heterocycles. The highest BCUT2D eigenvalue weighted by Crippen LogP contribution is 2.40. The number of carbonyl (C=O) groups is 1. The van der Waals surface area contributed by atoms with E-state index in [2.05, 4.69) is 37.2 Å². The van der Waals surface area contributed by atoms with Crippen LogP contribution in [0.4, 0.5) is 5.69 Å². The number of nitrogens with zero attached hydrogens (tertiary/aromatic N) is 1. The van der Waals surface area contributed by atoms with Crippen LogP contribution in [0.25, 0.3) is 20.8 Å². The maximum absolute atomic E-state index is 12.9. The second kappa shape index (κ2) is 8.44. The summed E-state index contributed by atoms with van der Waals surface area (Å²) in [6.07, 6.45) is 0. The molecule has 1 amide bonds. The maximum Gasteiger partial charge on any atom is 0.255 e. The van der Waals surface area contributed by atoms with Crippen molar-refractivity contribution in [2.75, 3.05) is 12.4 Å². The number of anilines is 1. The van der Waals surface area contributed by atoms with E-state index >= 15 is 0 Å². The van der Waals surface area contributed by atoms with Crippen LogP contribution in [0.2, 0.25) is 5.02 Å². The van der Waals surface area contributed by atoms with Gasteiger partial charge in [-0.25, -0.2) is 4.98 Å². The van der Waals surface area contributed by atoms with Crippen molar-refractivity contribution in [3.05, 3.63) is 74.1 Å². The molecule has 0 atom stereocenters. The zero-order chi connectivity index (χ0) is 20.5. The number of nitrogens with one attached hydrogen (secondary N) is 1. The van der Waals surface area contributed by atoms with E-state index in [0.717, 1.165) is 29.7 Å². The predicted octanol–water partition coefficient (Wildman–Crippen LogP) is 7.40. The monoisotopic (exact) mass is 550 g/mol. The number of methoxy groups -OCH3 is 1. The Labute approximate surface area is 193 Å². The number of benzene rings is 3. The molecule has 0 saturated carbocycles. The summed E-state index contributed by atoms with van der Waals surface area (Å²) >= 11 is 14.8. The Hall–Kier alpha value is -1.93. The third-order valence-corrected chi connectivity index (χ3v) is 6.68. The molecule has 0 unspecified atom stereocenters. The van der Waals surface area contributed by atoms with Crippen molar-refractivity contribution in [1.29, 1.82) is 0 Å². The van der Waals surface area contributed by atoms with Gasteiger partial charge >= 0.3 is 0 Å². The molecule has 3 aromatic carbocycles. The van der Waals surface area contributed by atoms with Crippen molar-refractivity contribution in [3.63, 3.8) is 0 Å². The summed E-state index contributed by atoms with van der Waals surface area (Å²) in [7, 11) is 1.53. The first-order chi connectivity index (χ1) is 14.0. The average Bonchev–Trinajstić information content (AvgIpc) is 3.13. The number of hydrogen-bond donors (Lipinski definition) is 1. The van der Waals surface area contributed by atoms with Crippen molar-refractivity contribution in [2.24, 2.45) is 0 Å². The quantitative estimate of drug-likeness (QED) is 0.287. The Bertz CT molecular complexity index is 1210. The number of halogens is 3. The molecule has 0 bridgehead atoms. The fourth-order valence-corrected chi connectivity index (χ4v) is 5.42. The Morgan fingerprint density at radius 2 is 1.93 bits per heavy atom. The minimum Gasteiger partial charge on any atom is -0.495 e. The first-order valence-electron chi connectivity index (χ1n) is 8.46. The van der Waals surface area contributed by atoms with Crippen molar-refractivity contribution in [2.45, 2.75) is 0 Å². The number of amides is 1. The van der Waals surface area contributed by atoms with Crippen LogP contribution >= 0.6 is 54.8 Å². The number of para-hydroxylation sites is 1. The molecule has 4 rings (SSSR count). The van der Waals surface area contributed by atoms with Crippen molar-refractivity contribution >= 4 is 76.6 Å². The van der Waals surface area contributed by atoms with E-state index in [1.54, 1.807) is 29.5 Å². The van der Waals surface area contributed by atoms with Gasteiger partial charge in [0.05, 0.1) is 28.0 Å². The molecular formula is C21H13Br2ClN2O2S. The van der Waals surface area contributed by atoms with E-state index in [1.807, 2.05) is 36.4 Å². The lowest BCUT2D eigenvalue weighted by molar-refractivity contribution is 0.102. The number of hydrogen-bond acceptors (Lipinski definition) is 4. The lowest BCUT2D eigenvalue weighted by Crippen LogP contribution is -2.13. The fourth-order valence-electron chi connectivity index (χ4n) is 2.85. The van der Waals surface area contributed by atoms with Gasteiger partial charge in [0, 0.05) is 20.1 Å². The molecule has 0 aliphatic rings. The average molecular weight is 553 g/mol. The van der Waals surface area contributed by atoms with Crippen molar-refractivity contribution in [3.8, 4) is 16.3 Å². The van der Waals surface area contributed by atoms with Gasteiger partial charge < -0.3 is 10.1 Å². The number of rotatable bonds is 4. The second-order valence-electron chi connectivity index (χ2n) is 6.10. The van der Waals surface area contributed by atoms with E-state index < -0.39 is 0 Å². The van der Waals surface area contributed by atoms with Gasteiger partial charge in [0.25, 0.3) is 5.91 Å². The standard InChI is InChI=1S/C21H13Br2ClN2O2S/c1-28-17-7-6-11(8-15(17)24)20(27)26-19-13(9-12(22)10-14(19)23)21-25-16-4-2-3-5-18(16)29-21/h2-10H,1H3,(H,26,27). The SMILES string of the molecule is COc1ccc(C(=O)Nc2c(Br)cc(Br)cc2-c2nc3ccccc3s2)cc1Cl. The van der Waals surface area contributed by atoms with Gasteiger partial charge in [-0.1, -0.05) is 39.7 Å². The van der Waals surface area contributed by atoms with Crippen molar-refractivity contribution in [1.82, 2.24) is 4.98 Å². The van der Waals surface area contributed by atoms with E-state index in [1.165, 1.54) is 7.11 Å². The lowest BCUT2D eigenvalue weighted by Gasteiger charge is -2.13. The van der Waals surface area contributed by atoms with Crippen LogP contribution in [0, 0.1) is 0 Å². The van der Waals surface area contributed by atoms with Crippen LogP contribution in [-0.2, 0) is 0 Å². The first-order valence-corrected chi connectivity index (χ1v) is 11.2. The molecule has 1 N–H and O–H groups in total. The third-order valence-electron chi connectivity index (χ3n) is 4.23. The molecule has 0 radical (unpaired) electrons. The summed E-state index contributed by atoms with van der Waals surface area (Å²) in [5.74, 6) is 0.239. The third kappa shape index (κ3) is 4.19. The van der Waals surface area contributed by atoms with E-state index in [9.17, 15) is 4.79 Å². The summed E-state index contributed by atoms with van der Waals surface area (Å²) < 4.78 is 7.86. The van der Waals surface area contributed by atoms with E-state index in [-0.39, 0.29) is 5.91 Å². The number of thiazole rings is 1. The fraction of sp³-hybridized carbons (Fsp3) is 0.0476. The highest BCUT2D eigenvalue weighted by molar-refractivity contribution is 9.11. The Morgan fingerprint density at radius 1 is 1.14 bits per heavy atom. The van der Waals surface area contributed by atoms with Crippen LogP contribution < -0.4 is 10.1 Å². The highest BCUT2D eigenvalue weighted by Gasteiger charge is 2.18. The Balaban J connectivity index is 1.75. The minimum atomic E-state index is -0.278. The topological polar surface area (TPSA) is 51.2 Å². The van der Waals surface area contributed by atoms with Gasteiger partial charge in [0.2, 0.25) is 0 Å². The van der Waals surface area contributed by atoms with Crippen LogP contribution in [0.3, 0.4) is 0 Å². The van der Waals surface area contributed by atoms with Gasteiger partial charge in [0.1, 0.15) is 10.8 Å². The molecule has 0 spiro atoms.